The first kappa shape index (κ1) is 23.6. The van der Waals surface area contributed by atoms with Crippen LogP contribution in [0.2, 0.25) is 0 Å². The van der Waals surface area contributed by atoms with Gasteiger partial charge in [0.15, 0.2) is 0 Å². The lowest BCUT2D eigenvalue weighted by Gasteiger charge is -2.06. The van der Waals surface area contributed by atoms with Crippen LogP contribution in [0.4, 0.5) is 10.1 Å². The predicted molar refractivity (Wildman–Crippen MR) is 123 cm³/mol. The van der Waals surface area contributed by atoms with Gasteiger partial charge >= 0.3 is 17.8 Å². The highest BCUT2D eigenvalue weighted by atomic mass is 79.9. The van der Waals surface area contributed by atoms with E-state index in [2.05, 4.69) is 26.3 Å². The average molecular weight is 514 g/mol. The molecule has 168 valence electrons. The third-order valence-corrected chi connectivity index (χ3v) is 4.63. The number of hydrazone groups is 1. The third-order valence-electron chi connectivity index (χ3n) is 4.14. The van der Waals surface area contributed by atoms with Crippen LogP contribution in [0.25, 0.3) is 0 Å². The Morgan fingerprint density at radius 3 is 2.48 bits per heavy atom. The molecule has 0 atom stereocenters. The molecular formula is C23H17BrFN3O5. The van der Waals surface area contributed by atoms with Crippen molar-refractivity contribution in [1.29, 1.82) is 0 Å². The fourth-order valence-electron chi connectivity index (χ4n) is 2.56. The van der Waals surface area contributed by atoms with Crippen molar-refractivity contribution < 1.29 is 28.2 Å². The van der Waals surface area contributed by atoms with Crippen LogP contribution in [0.1, 0.15) is 15.9 Å². The number of nitrogens with zero attached hydrogens (tertiary/aromatic N) is 1. The number of hydrogen-bond donors (Lipinski definition) is 2. The Labute approximate surface area is 196 Å². The molecule has 0 saturated heterocycles. The van der Waals surface area contributed by atoms with Crippen molar-refractivity contribution in [3.8, 4) is 11.5 Å². The zero-order valence-electron chi connectivity index (χ0n) is 17.2. The lowest BCUT2D eigenvalue weighted by atomic mass is 10.2. The summed E-state index contributed by atoms with van der Waals surface area (Å²) in [7, 11) is 1.49. The Balaban J connectivity index is 1.58. The minimum atomic E-state index is -1.09. The van der Waals surface area contributed by atoms with Crippen LogP contribution in [-0.4, -0.2) is 31.1 Å². The van der Waals surface area contributed by atoms with Crippen molar-refractivity contribution in [3.63, 3.8) is 0 Å². The van der Waals surface area contributed by atoms with Gasteiger partial charge in [0.1, 0.15) is 17.3 Å². The monoisotopic (exact) mass is 513 g/mol. The van der Waals surface area contributed by atoms with Crippen molar-refractivity contribution in [1.82, 2.24) is 5.43 Å². The van der Waals surface area contributed by atoms with Gasteiger partial charge in [-0.3, -0.25) is 9.59 Å². The molecule has 0 saturated carbocycles. The number of benzene rings is 3. The molecule has 0 unspecified atom stereocenters. The maximum atomic E-state index is 13.8. The minimum Gasteiger partial charge on any atom is -0.497 e. The van der Waals surface area contributed by atoms with Crippen LogP contribution in [0.15, 0.2) is 76.3 Å². The summed E-state index contributed by atoms with van der Waals surface area (Å²) in [6.45, 7) is 0. The number of carbonyl (C=O) groups is 3. The van der Waals surface area contributed by atoms with E-state index in [1.807, 2.05) is 5.43 Å². The van der Waals surface area contributed by atoms with Crippen LogP contribution < -0.4 is 20.2 Å². The zero-order valence-corrected chi connectivity index (χ0v) is 18.8. The van der Waals surface area contributed by atoms with Crippen LogP contribution in [0, 0.1) is 5.82 Å². The lowest BCUT2D eigenvalue weighted by molar-refractivity contribution is -0.136. The fourth-order valence-corrected chi connectivity index (χ4v) is 2.89. The molecule has 0 bridgehead atoms. The molecule has 0 aliphatic heterocycles. The Bertz CT molecular complexity index is 1230. The summed E-state index contributed by atoms with van der Waals surface area (Å²) in [5.74, 6) is -2.68. The van der Waals surface area contributed by atoms with Crippen molar-refractivity contribution >= 4 is 45.6 Å². The van der Waals surface area contributed by atoms with Gasteiger partial charge in [0.25, 0.3) is 0 Å². The molecule has 0 aliphatic carbocycles. The summed E-state index contributed by atoms with van der Waals surface area (Å²) in [4.78, 5) is 36.1. The zero-order chi connectivity index (χ0) is 23.8. The van der Waals surface area contributed by atoms with Gasteiger partial charge < -0.3 is 14.8 Å². The molecule has 0 spiro atoms. The number of rotatable bonds is 6. The van der Waals surface area contributed by atoms with Gasteiger partial charge in [0.2, 0.25) is 0 Å². The van der Waals surface area contributed by atoms with E-state index in [4.69, 9.17) is 9.47 Å². The Kier molecular flexibility index (Phi) is 7.87. The average Bonchev–Trinajstić information content (AvgIpc) is 2.81. The molecule has 0 radical (unpaired) electrons. The van der Waals surface area contributed by atoms with Crippen LogP contribution >= 0.6 is 15.9 Å². The maximum Gasteiger partial charge on any atom is 0.343 e. The van der Waals surface area contributed by atoms with E-state index in [-0.39, 0.29) is 11.4 Å². The normalized spacial score (nSPS) is 10.5. The molecule has 33 heavy (non-hydrogen) atoms. The van der Waals surface area contributed by atoms with Crippen LogP contribution in [-0.2, 0) is 9.59 Å². The second-order valence-electron chi connectivity index (χ2n) is 6.47. The number of hydrogen-bond acceptors (Lipinski definition) is 6. The van der Waals surface area contributed by atoms with Crippen LogP contribution in [0.5, 0.6) is 11.5 Å². The number of nitrogens with one attached hydrogen (secondary N) is 2. The first-order valence-corrected chi connectivity index (χ1v) is 10.2. The minimum absolute atomic E-state index is 0.145. The van der Waals surface area contributed by atoms with Crippen molar-refractivity contribution in [2.75, 3.05) is 12.4 Å². The topological polar surface area (TPSA) is 106 Å². The number of carbonyl (C=O) groups excluding carboxylic acids is 3. The second-order valence-corrected chi connectivity index (χ2v) is 7.39. The van der Waals surface area contributed by atoms with Gasteiger partial charge in [-0.2, -0.15) is 5.10 Å². The van der Waals surface area contributed by atoms with E-state index in [1.54, 1.807) is 42.5 Å². The number of methoxy groups -OCH3 is 1. The molecule has 10 heteroatoms. The molecule has 3 aromatic rings. The molecule has 3 rings (SSSR count). The number of ether oxygens (including phenoxy) is 2. The molecule has 0 aliphatic rings. The summed E-state index contributed by atoms with van der Waals surface area (Å²) in [5, 5.41) is 5.85. The van der Waals surface area contributed by atoms with E-state index >= 15 is 0 Å². The molecule has 0 fully saturated rings. The first-order valence-electron chi connectivity index (χ1n) is 9.41. The molecule has 2 amide bonds. The standard InChI is InChI=1S/C23H17BrFN3O5/c1-32-17-6-3-5-15(11-17)23(31)33-18-7-2-4-14(10-18)13-26-28-22(30)21(29)27-20-9-8-16(24)12-19(20)25/h2-13H,1H3,(H,27,29)(H,28,30)/b26-13+. The largest absolute Gasteiger partial charge is 0.497 e. The highest BCUT2D eigenvalue weighted by molar-refractivity contribution is 9.10. The number of esters is 1. The highest BCUT2D eigenvalue weighted by Crippen LogP contribution is 2.19. The van der Waals surface area contributed by atoms with Crippen molar-refractivity contribution in [2.45, 2.75) is 0 Å². The lowest BCUT2D eigenvalue weighted by Crippen LogP contribution is -2.32. The Hall–Kier alpha value is -4.05. The fraction of sp³-hybridized carbons (Fsp3) is 0.0435. The quantitative estimate of drug-likeness (QED) is 0.171. The molecule has 8 nitrogen and oxygen atoms in total. The Morgan fingerprint density at radius 2 is 1.73 bits per heavy atom. The number of amides is 2. The third kappa shape index (κ3) is 6.71. The number of anilines is 1. The molecule has 3 aromatic carbocycles. The van der Waals surface area contributed by atoms with Gasteiger partial charge in [0, 0.05) is 4.47 Å². The van der Waals surface area contributed by atoms with Gasteiger partial charge in [-0.25, -0.2) is 14.6 Å². The predicted octanol–water partition coefficient (Wildman–Crippen LogP) is 3.90. The van der Waals surface area contributed by atoms with E-state index in [9.17, 15) is 18.8 Å². The molecule has 0 heterocycles. The van der Waals surface area contributed by atoms with Crippen molar-refractivity contribution in [2.24, 2.45) is 5.10 Å². The van der Waals surface area contributed by atoms with Gasteiger partial charge in [-0.15, -0.1) is 0 Å². The molecule has 0 aromatic heterocycles. The maximum absolute atomic E-state index is 13.8. The Morgan fingerprint density at radius 1 is 0.970 bits per heavy atom. The summed E-state index contributed by atoms with van der Waals surface area (Å²) in [6.07, 6.45) is 1.26. The van der Waals surface area contributed by atoms with Crippen LogP contribution in [0.3, 0.4) is 0 Å². The summed E-state index contributed by atoms with van der Waals surface area (Å²) in [6, 6.07) is 16.9. The molecular weight excluding hydrogens is 497 g/mol. The highest BCUT2D eigenvalue weighted by Gasteiger charge is 2.15. The number of halogens is 2. The van der Waals surface area contributed by atoms with Gasteiger partial charge in [-0.05, 0) is 54.1 Å². The van der Waals surface area contributed by atoms with E-state index < -0.39 is 23.6 Å². The van der Waals surface area contributed by atoms with Crippen molar-refractivity contribution in [3.05, 3.63) is 88.1 Å². The summed E-state index contributed by atoms with van der Waals surface area (Å²) < 4.78 is 24.7. The molecule has 2 N–H and O–H groups in total. The van der Waals surface area contributed by atoms with Gasteiger partial charge in [0.05, 0.1) is 24.6 Å². The SMILES string of the molecule is COc1cccc(C(=O)Oc2cccc(/C=N/NC(=O)C(=O)Nc3ccc(Br)cc3F)c2)c1. The van der Waals surface area contributed by atoms with E-state index in [1.165, 1.54) is 31.5 Å². The summed E-state index contributed by atoms with van der Waals surface area (Å²) in [5.41, 5.74) is 2.71. The van der Waals surface area contributed by atoms with E-state index in [0.29, 0.717) is 21.3 Å². The smallest absolute Gasteiger partial charge is 0.343 e. The second kappa shape index (κ2) is 11.0. The van der Waals surface area contributed by atoms with Gasteiger partial charge in [-0.1, -0.05) is 34.1 Å². The summed E-state index contributed by atoms with van der Waals surface area (Å²) >= 11 is 3.10. The first-order chi connectivity index (χ1) is 15.9. The van der Waals surface area contributed by atoms with E-state index in [0.717, 1.165) is 6.07 Å².